The molecule has 0 spiro atoms. The highest BCUT2D eigenvalue weighted by molar-refractivity contribution is 7.98. The first-order valence-electron chi connectivity index (χ1n) is 10.0. The summed E-state index contributed by atoms with van der Waals surface area (Å²) in [5.74, 6) is 0.412. The zero-order chi connectivity index (χ0) is 21.2. The van der Waals surface area contributed by atoms with E-state index in [-0.39, 0.29) is 5.82 Å². The smallest absolute Gasteiger partial charge is 0.149 e. The Balaban J connectivity index is 1.66. The van der Waals surface area contributed by atoms with Crippen LogP contribution in [0.5, 0.6) is 0 Å². The second kappa shape index (κ2) is 8.36. The summed E-state index contributed by atoms with van der Waals surface area (Å²) < 4.78 is 15.7. The van der Waals surface area contributed by atoms with Crippen molar-refractivity contribution in [2.75, 3.05) is 0 Å². The lowest BCUT2D eigenvalue weighted by atomic mass is 10.1. The van der Waals surface area contributed by atoms with E-state index in [1.54, 1.807) is 30.2 Å². The number of thioether (sulfide) groups is 1. The summed E-state index contributed by atoms with van der Waals surface area (Å²) in [7, 11) is 0. The van der Waals surface area contributed by atoms with Crippen LogP contribution in [0.25, 0.3) is 27.8 Å². The van der Waals surface area contributed by atoms with Crippen LogP contribution in [-0.2, 0) is 5.75 Å². The number of hydrogen-bond donors (Lipinski definition) is 0. The Bertz CT molecular complexity index is 1360. The molecular formula is C26H20FN3S. The van der Waals surface area contributed by atoms with Gasteiger partial charge < -0.3 is 4.57 Å². The molecule has 0 unspecified atom stereocenters. The first kappa shape index (κ1) is 19.5. The zero-order valence-corrected chi connectivity index (χ0v) is 17.8. The maximum absolute atomic E-state index is 13.6. The van der Waals surface area contributed by atoms with Crippen molar-refractivity contribution in [3.8, 4) is 16.8 Å². The van der Waals surface area contributed by atoms with Crippen LogP contribution in [0.3, 0.4) is 0 Å². The van der Waals surface area contributed by atoms with Gasteiger partial charge in [-0.15, -0.1) is 11.8 Å². The molecule has 0 saturated carbocycles. The summed E-state index contributed by atoms with van der Waals surface area (Å²) in [6.45, 7) is 2.09. The predicted octanol–water partition coefficient (Wildman–Crippen LogP) is 6.83. The molecule has 2 aromatic heterocycles. The van der Waals surface area contributed by atoms with Gasteiger partial charge in [-0.3, -0.25) is 0 Å². The highest BCUT2D eigenvalue weighted by Gasteiger charge is 2.17. The number of nitrogens with zero attached hydrogens (tertiary/aromatic N) is 3. The molecule has 3 nitrogen and oxygen atoms in total. The summed E-state index contributed by atoms with van der Waals surface area (Å²) in [6, 6.07) is 25.4. The molecule has 0 aliphatic heterocycles. The second-order valence-electron chi connectivity index (χ2n) is 7.41. The molecule has 5 heteroatoms. The van der Waals surface area contributed by atoms with Crippen molar-refractivity contribution in [3.05, 3.63) is 108 Å². The molecule has 0 amide bonds. The Labute approximate surface area is 184 Å². The van der Waals surface area contributed by atoms with Gasteiger partial charge in [0.1, 0.15) is 22.8 Å². The van der Waals surface area contributed by atoms with Gasteiger partial charge in [0.05, 0.1) is 5.39 Å². The van der Waals surface area contributed by atoms with Crippen LogP contribution in [0, 0.1) is 12.7 Å². The Morgan fingerprint density at radius 2 is 1.74 bits per heavy atom. The third-order valence-electron chi connectivity index (χ3n) is 5.18. The second-order valence-corrected chi connectivity index (χ2v) is 8.38. The molecule has 152 valence electrons. The SMILES string of the molecule is Cc1cccc(-n2cc(-c3ccccc3)c3c(SCc4cccc(F)c4)ncnc32)c1. The molecule has 31 heavy (non-hydrogen) atoms. The summed E-state index contributed by atoms with van der Waals surface area (Å²) >= 11 is 1.60. The van der Waals surface area contributed by atoms with Crippen LogP contribution >= 0.6 is 11.8 Å². The van der Waals surface area contributed by atoms with Crippen molar-refractivity contribution >= 4 is 22.8 Å². The number of benzene rings is 3. The van der Waals surface area contributed by atoms with Gasteiger partial charge in [-0.1, -0.05) is 54.6 Å². The van der Waals surface area contributed by atoms with E-state index in [0.29, 0.717) is 5.75 Å². The standard InChI is InChI=1S/C26H20FN3S/c1-18-7-5-12-22(13-18)30-15-23(20-9-3-2-4-10-20)24-25(30)28-17-29-26(24)31-16-19-8-6-11-21(27)14-19/h2-15,17H,16H2,1H3. The first-order valence-corrected chi connectivity index (χ1v) is 11.0. The monoisotopic (exact) mass is 425 g/mol. The highest BCUT2D eigenvalue weighted by atomic mass is 32.2. The zero-order valence-electron chi connectivity index (χ0n) is 17.0. The largest absolute Gasteiger partial charge is 0.301 e. The van der Waals surface area contributed by atoms with Gasteiger partial charge in [0.25, 0.3) is 0 Å². The number of fused-ring (bicyclic) bond motifs is 1. The van der Waals surface area contributed by atoms with E-state index >= 15 is 0 Å². The molecule has 0 N–H and O–H groups in total. The minimum Gasteiger partial charge on any atom is -0.301 e. The van der Waals surface area contributed by atoms with Crippen LogP contribution in [0.4, 0.5) is 4.39 Å². The Kier molecular flexibility index (Phi) is 5.26. The van der Waals surface area contributed by atoms with Crippen molar-refractivity contribution in [1.82, 2.24) is 14.5 Å². The van der Waals surface area contributed by atoms with Gasteiger partial charge in [0.15, 0.2) is 0 Å². The molecule has 0 fully saturated rings. The number of aromatic nitrogens is 3. The quantitative estimate of drug-likeness (QED) is 0.228. The molecule has 0 saturated heterocycles. The average Bonchev–Trinajstić information content (AvgIpc) is 3.19. The molecule has 5 aromatic rings. The Hall–Kier alpha value is -3.44. The van der Waals surface area contributed by atoms with Gasteiger partial charge in [0, 0.05) is 23.2 Å². The fourth-order valence-corrected chi connectivity index (χ4v) is 4.68. The van der Waals surface area contributed by atoms with Gasteiger partial charge in [-0.2, -0.15) is 0 Å². The maximum Gasteiger partial charge on any atom is 0.149 e. The lowest BCUT2D eigenvalue weighted by Crippen LogP contribution is -1.95. The molecule has 3 aromatic carbocycles. The molecule has 0 radical (unpaired) electrons. The maximum atomic E-state index is 13.6. The van der Waals surface area contributed by atoms with Crippen molar-refractivity contribution in [2.45, 2.75) is 17.7 Å². The van der Waals surface area contributed by atoms with Gasteiger partial charge >= 0.3 is 0 Å². The summed E-state index contributed by atoms with van der Waals surface area (Å²) in [5, 5.41) is 1.90. The molecule has 0 aliphatic rings. The van der Waals surface area contributed by atoms with Crippen LogP contribution in [0.2, 0.25) is 0 Å². The fourth-order valence-electron chi connectivity index (χ4n) is 3.73. The molecule has 2 heterocycles. The molecular weight excluding hydrogens is 405 g/mol. The van der Waals surface area contributed by atoms with Crippen molar-refractivity contribution in [3.63, 3.8) is 0 Å². The van der Waals surface area contributed by atoms with Crippen LogP contribution in [-0.4, -0.2) is 14.5 Å². The van der Waals surface area contributed by atoms with E-state index in [1.807, 2.05) is 24.3 Å². The normalized spacial score (nSPS) is 11.2. The van der Waals surface area contributed by atoms with E-state index in [1.165, 1.54) is 11.6 Å². The van der Waals surface area contributed by atoms with Crippen molar-refractivity contribution in [2.24, 2.45) is 0 Å². The summed E-state index contributed by atoms with van der Waals surface area (Å²) in [5.41, 5.74) is 6.24. The van der Waals surface area contributed by atoms with Crippen LogP contribution < -0.4 is 0 Å². The van der Waals surface area contributed by atoms with Gasteiger partial charge in [0.2, 0.25) is 0 Å². The van der Waals surface area contributed by atoms with E-state index in [0.717, 1.165) is 38.4 Å². The fraction of sp³-hybridized carbons (Fsp3) is 0.0769. The molecule has 5 rings (SSSR count). The van der Waals surface area contributed by atoms with Gasteiger partial charge in [-0.25, -0.2) is 14.4 Å². The number of hydrogen-bond acceptors (Lipinski definition) is 3. The summed E-state index contributed by atoms with van der Waals surface area (Å²) in [4.78, 5) is 9.24. The molecule has 0 bridgehead atoms. The van der Waals surface area contributed by atoms with E-state index < -0.39 is 0 Å². The third-order valence-corrected chi connectivity index (χ3v) is 6.24. The van der Waals surface area contributed by atoms with Crippen LogP contribution in [0.15, 0.2) is 96.4 Å². The Morgan fingerprint density at radius 3 is 2.55 bits per heavy atom. The van der Waals surface area contributed by atoms with E-state index in [9.17, 15) is 4.39 Å². The highest BCUT2D eigenvalue weighted by Crippen LogP contribution is 2.37. The van der Waals surface area contributed by atoms with Gasteiger partial charge in [-0.05, 0) is 47.9 Å². The third kappa shape index (κ3) is 3.97. The number of rotatable bonds is 5. The molecule has 0 atom stereocenters. The minimum absolute atomic E-state index is 0.221. The van der Waals surface area contributed by atoms with Crippen molar-refractivity contribution in [1.29, 1.82) is 0 Å². The van der Waals surface area contributed by atoms with Crippen molar-refractivity contribution < 1.29 is 4.39 Å². The minimum atomic E-state index is -0.221. The average molecular weight is 426 g/mol. The lowest BCUT2D eigenvalue weighted by Gasteiger charge is -2.07. The predicted molar refractivity (Wildman–Crippen MR) is 125 cm³/mol. The lowest BCUT2D eigenvalue weighted by molar-refractivity contribution is 0.626. The van der Waals surface area contributed by atoms with Crippen LogP contribution in [0.1, 0.15) is 11.1 Å². The first-order chi connectivity index (χ1) is 15.2. The van der Waals surface area contributed by atoms with E-state index in [2.05, 4.69) is 64.1 Å². The topological polar surface area (TPSA) is 30.7 Å². The Morgan fingerprint density at radius 1 is 0.903 bits per heavy atom. The number of halogens is 1. The summed E-state index contributed by atoms with van der Waals surface area (Å²) in [6.07, 6.45) is 3.74. The molecule has 0 aliphatic carbocycles. The van der Waals surface area contributed by atoms with E-state index in [4.69, 9.17) is 0 Å². The number of aryl methyl sites for hydroxylation is 1.